The van der Waals surface area contributed by atoms with Crippen LogP contribution in [0.5, 0.6) is 11.5 Å². The molecule has 0 saturated carbocycles. The van der Waals surface area contributed by atoms with Gasteiger partial charge in [0, 0.05) is 42.5 Å². The Morgan fingerprint density at radius 1 is 1.00 bits per heavy atom. The smallest absolute Gasteiger partial charge is 0.253 e. The maximum Gasteiger partial charge on any atom is 0.253 e. The Labute approximate surface area is 177 Å². The summed E-state index contributed by atoms with van der Waals surface area (Å²) in [5.41, 5.74) is 1.65. The van der Waals surface area contributed by atoms with E-state index in [-0.39, 0.29) is 5.91 Å². The number of pyridine rings is 1. The van der Waals surface area contributed by atoms with Gasteiger partial charge < -0.3 is 14.4 Å². The molecule has 1 aliphatic heterocycles. The first-order valence-electron chi connectivity index (χ1n) is 10.4. The van der Waals surface area contributed by atoms with E-state index < -0.39 is 0 Å². The Kier molecular flexibility index (Phi) is 6.60. The predicted octanol–water partition coefficient (Wildman–Crippen LogP) is 4.59. The monoisotopic (exact) mass is 402 g/mol. The summed E-state index contributed by atoms with van der Waals surface area (Å²) in [6.45, 7) is 2.55. The van der Waals surface area contributed by atoms with Crippen LogP contribution in [0.25, 0.3) is 0 Å². The van der Waals surface area contributed by atoms with Gasteiger partial charge in [0.2, 0.25) is 0 Å². The molecule has 4 rings (SSSR count). The van der Waals surface area contributed by atoms with E-state index in [4.69, 9.17) is 9.47 Å². The third kappa shape index (κ3) is 5.38. The molecule has 0 spiro atoms. The van der Waals surface area contributed by atoms with E-state index in [1.54, 1.807) is 12.4 Å². The second-order valence-electron chi connectivity index (χ2n) is 7.56. The van der Waals surface area contributed by atoms with Gasteiger partial charge in [0.05, 0.1) is 6.61 Å². The molecule has 1 fully saturated rings. The number of hydrogen-bond donors (Lipinski definition) is 0. The number of rotatable bonds is 7. The van der Waals surface area contributed by atoms with Crippen molar-refractivity contribution in [3.8, 4) is 11.5 Å². The summed E-state index contributed by atoms with van der Waals surface area (Å²) >= 11 is 0. The predicted molar refractivity (Wildman–Crippen MR) is 116 cm³/mol. The molecule has 0 bridgehead atoms. The molecule has 3 aromatic rings. The van der Waals surface area contributed by atoms with Crippen molar-refractivity contribution < 1.29 is 14.3 Å². The number of likely N-dealkylation sites (tertiary alicyclic amines) is 1. The highest BCUT2D eigenvalue weighted by atomic mass is 16.5. The zero-order valence-electron chi connectivity index (χ0n) is 16.9. The van der Waals surface area contributed by atoms with Crippen molar-refractivity contribution in [1.82, 2.24) is 9.88 Å². The number of amides is 1. The average molecular weight is 402 g/mol. The van der Waals surface area contributed by atoms with Gasteiger partial charge in [-0.05, 0) is 49.2 Å². The summed E-state index contributed by atoms with van der Waals surface area (Å²) in [6, 6.07) is 21.1. The summed E-state index contributed by atoms with van der Waals surface area (Å²) in [6.07, 6.45) is 5.58. The summed E-state index contributed by atoms with van der Waals surface area (Å²) < 4.78 is 11.8. The molecular formula is C25H26N2O3. The SMILES string of the molecule is O=C(c1cccc(OCc2cccnc2)c1)N1CCCC(COc2ccccc2)C1. The molecule has 0 N–H and O–H groups in total. The minimum absolute atomic E-state index is 0.0474. The Morgan fingerprint density at radius 3 is 2.70 bits per heavy atom. The van der Waals surface area contributed by atoms with E-state index in [1.165, 1.54) is 0 Å². The van der Waals surface area contributed by atoms with Gasteiger partial charge in [0.25, 0.3) is 5.91 Å². The molecule has 1 aliphatic rings. The standard InChI is InChI=1S/C25H26N2O3/c28-25(22-9-4-12-24(15-22)30-18-20-7-5-13-26-16-20)27-14-6-8-21(17-27)19-29-23-10-2-1-3-11-23/h1-5,7,9-13,15-16,21H,6,8,14,17-19H2. The third-order valence-electron chi connectivity index (χ3n) is 5.24. The Morgan fingerprint density at radius 2 is 1.87 bits per heavy atom. The minimum atomic E-state index is 0.0474. The van der Waals surface area contributed by atoms with Crippen LogP contribution >= 0.6 is 0 Å². The van der Waals surface area contributed by atoms with E-state index in [1.807, 2.05) is 71.6 Å². The fourth-order valence-electron chi connectivity index (χ4n) is 3.67. The molecule has 1 atom stereocenters. The van der Waals surface area contributed by atoms with E-state index in [2.05, 4.69) is 4.98 Å². The first-order chi connectivity index (χ1) is 14.8. The first-order valence-corrected chi connectivity index (χ1v) is 10.4. The largest absolute Gasteiger partial charge is 0.493 e. The second-order valence-corrected chi connectivity index (χ2v) is 7.56. The summed E-state index contributed by atoms with van der Waals surface area (Å²) in [5, 5.41) is 0. The normalized spacial score (nSPS) is 16.1. The van der Waals surface area contributed by atoms with Crippen LogP contribution in [0.4, 0.5) is 0 Å². The number of ether oxygens (including phenoxy) is 2. The van der Waals surface area contributed by atoms with Gasteiger partial charge in [-0.2, -0.15) is 0 Å². The minimum Gasteiger partial charge on any atom is -0.493 e. The highest BCUT2D eigenvalue weighted by Crippen LogP contribution is 2.22. The van der Waals surface area contributed by atoms with Crippen LogP contribution in [0.2, 0.25) is 0 Å². The van der Waals surface area contributed by atoms with Gasteiger partial charge in [0.15, 0.2) is 0 Å². The van der Waals surface area contributed by atoms with Crippen molar-refractivity contribution in [3.63, 3.8) is 0 Å². The summed E-state index contributed by atoms with van der Waals surface area (Å²) in [5.74, 6) is 1.95. The molecular weight excluding hydrogens is 376 g/mol. The third-order valence-corrected chi connectivity index (χ3v) is 5.24. The molecule has 5 heteroatoms. The van der Waals surface area contributed by atoms with Crippen LogP contribution < -0.4 is 9.47 Å². The lowest BCUT2D eigenvalue weighted by Gasteiger charge is -2.32. The number of benzene rings is 2. The Bertz CT molecular complexity index is 947. The van der Waals surface area contributed by atoms with E-state index in [0.717, 1.165) is 30.7 Å². The average Bonchev–Trinajstić information content (AvgIpc) is 2.83. The fourth-order valence-corrected chi connectivity index (χ4v) is 3.67. The van der Waals surface area contributed by atoms with Crippen LogP contribution in [0.1, 0.15) is 28.8 Å². The van der Waals surface area contributed by atoms with Gasteiger partial charge in [-0.15, -0.1) is 0 Å². The van der Waals surface area contributed by atoms with Crippen molar-refractivity contribution in [3.05, 3.63) is 90.3 Å². The first kappa shape index (κ1) is 20.0. The highest BCUT2D eigenvalue weighted by molar-refractivity contribution is 5.94. The van der Waals surface area contributed by atoms with Crippen molar-refractivity contribution in [2.75, 3.05) is 19.7 Å². The van der Waals surface area contributed by atoms with Gasteiger partial charge in [0.1, 0.15) is 18.1 Å². The number of nitrogens with zero attached hydrogens (tertiary/aromatic N) is 2. The summed E-state index contributed by atoms with van der Waals surface area (Å²) in [4.78, 5) is 19.1. The molecule has 1 amide bonds. The van der Waals surface area contributed by atoms with Crippen LogP contribution in [-0.4, -0.2) is 35.5 Å². The maximum absolute atomic E-state index is 13.1. The van der Waals surface area contributed by atoms with Gasteiger partial charge in [-0.3, -0.25) is 9.78 Å². The van der Waals surface area contributed by atoms with Crippen molar-refractivity contribution in [2.24, 2.45) is 5.92 Å². The van der Waals surface area contributed by atoms with Crippen LogP contribution in [-0.2, 0) is 6.61 Å². The zero-order chi connectivity index (χ0) is 20.6. The molecule has 0 aliphatic carbocycles. The van der Waals surface area contributed by atoms with E-state index >= 15 is 0 Å². The Balaban J connectivity index is 1.34. The molecule has 2 heterocycles. The summed E-state index contributed by atoms with van der Waals surface area (Å²) in [7, 11) is 0. The topological polar surface area (TPSA) is 51.7 Å². The van der Waals surface area contributed by atoms with Crippen LogP contribution in [0.3, 0.4) is 0 Å². The lowest BCUT2D eigenvalue weighted by Crippen LogP contribution is -2.41. The molecule has 30 heavy (non-hydrogen) atoms. The van der Waals surface area contributed by atoms with Gasteiger partial charge in [-0.1, -0.05) is 30.3 Å². The van der Waals surface area contributed by atoms with Gasteiger partial charge >= 0.3 is 0 Å². The quantitative estimate of drug-likeness (QED) is 0.580. The molecule has 2 aromatic carbocycles. The molecule has 154 valence electrons. The number of para-hydroxylation sites is 1. The number of aromatic nitrogens is 1. The molecule has 1 unspecified atom stereocenters. The van der Waals surface area contributed by atoms with Crippen molar-refractivity contribution in [1.29, 1.82) is 0 Å². The van der Waals surface area contributed by atoms with Crippen molar-refractivity contribution in [2.45, 2.75) is 19.4 Å². The number of carbonyl (C=O) groups excluding carboxylic acids is 1. The Hall–Kier alpha value is -3.34. The lowest BCUT2D eigenvalue weighted by molar-refractivity contribution is 0.0633. The molecule has 1 saturated heterocycles. The second kappa shape index (κ2) is 9.92. The van der Waals surface area contributed by atoms with E-state index in [0.29, 0.717) is 37.0 Å². The zero-order valence-corrected chi connectivity index (χ0v) is 16.9. The van der Waals surface area contributed by atoms with Crippen molar-refractivity contribution >= 4 is 5.91 Å². The molecule has 5 nitrogen and oxygen atoms in total. The van der Waals surface area contributed by atoms with E-state index in [9.17, 15) is 4.79 Å². The maximum atomic E-state index is 13.1. The fraction of sp³-hybridized carbons (Fsp3) is 0.280. The van der Waals surface area contributed by atoms with Crippen LogP contribution in [0, 0.1) is 5.92 Å². The highest BCUT2D eigenvalue weighted by Gasteiger charge is 2.25. The molecule has 1 aromatic heterocycles. The van der Waals surface area contributed by atoms with Gasteiger partial charge in [-0.25, -0.2) is 0 Å². The lowest BCUT2D eigenvalue weighted by atomic mass is 9.98. The number of hydrogen-bond acceptors (Lipinski definition) is 4. The number of piperidine rings is 1. The van der Waals surface area contributed by atoms with Crippen LogP contribution in [0.15, 0.2) is 79.1 Å². The molecule has 0 radical (unpaired) electrons. The number of carbonyl (C=O) groups is 1.